The fourth-order valence-corrected chi connectivity index (χ4v) is 3.62. The number of rotatable bonds is 3. The van der Waals surface area contributed by atoms with Crippen LogP contribution in [0.4, 0.5) is 5.69 Å². The summed E-state index contributed by atoms with van der Waals surface area (Å²) in [5, 5.41) is 1.10. The second-order valence-electron chi connectivity index (χ2n) is 4.94. The molecule has 1 aromatic heterocycles. The van der Waals surface area contributed by atoms with Crippen molar-refractivity contribution in [2.75, 3.05) is 11.4 Å². The smallest absolute Gasteiger partial charge is 0.110 e. The Kier molecular flexibility index (Phi) is 3.53. The highest BCUT2D eigenvalue weighted by Crippen LogP contribution is 2.30. The van der Waals surface area contributed by atoms with Crippen molar-refractivity contribution in [1.29, 1.82) is 0 Å². The number of aromatic nitrogens is 1. The van der Waals surface area contributed by atoms with Crippen LogP contribution in [-0.4, -0.2) is 11.5 Å². The van der Waals surface area contributed by atoms with Gasteiger partial charge in [0.1, 0.15) is 5.01 Å². The molecule has 0 aliphatic carbocycles. The van der Waals surface area contributed by atoms with Gasteiger partial charge < -0.3 is 10.6 Å². The first-order valence-corrected chi connectivity index (χ1v) is 7.63. The minimum absolute atomic E-state index is 0.0979. The molecular weight excluding hydrogens is 254 g/mol. The Hall–Kier alpha value is -1.39. The van der Waals surface area contributed by atoms with Crippen LogP contribution in [0.1, 0.15) is 35.0 Å². The topological polar surface area (TPSA) is 42.1 Å². The predicted octanol–water partition coefficient (Wildman–Crippen LogP) is 3.12. The predicted molar refractivity (Wildman–Crippen MR) is 80.5 cm³/mol. The molecule has 1 unspecified atom stereocenters. The summed E-state index contributed by atoms with van der Waals surface area (Å²) in [6.07, 6.45) is 1.98. The van der Waals surface area contributed by atoms with Crippen molar-refractivity contribution < 1.29 is 0 Å². The summed E-state index contributed by atoms with van der Waals surface area (Å²) >= 11 is 1.79. The van der Waals surface area contributed by atoms with Gasteiger partial charge in [-0.2, -0.15) is 0 Å². The summed E-state index contributed by atoms with van der Waals surface area (Å²) in [6, 6.07) is 10.7. The number of fused-ring (bicyclic) bond motifs is 1. The lowest BCUT2D eigenvalue weighted by atomic mass is 10.1. The molecule has 0 saturated heterocycles. The molecule has 3 nitrogen and oxygen atoms in total. The van der Waals surface area contributed by atoms with Gasteiger partial charge in [0, 0.05) is 23.5 Å². The Bertz CT molecular complexity index is 550. The van der Waals surface area contributed by atoms with Crippen LogP contribution >= 0.6 is 11.3 Å². The minimum Gasteiger partial charge on any atom is -0.366 e. The van der Waals surface area contributed by atoms with E-state index in [-0.39, 0.29) is 6.04 Å². The maximum absolute atomic E-state index is 6.09. The first kappa shape index (κ1) is 12.6. The second kappa shape index (κ2) is 5.31. The molecule has 0 fully saturated rings. The number of nitrogens with zero attached hydrogens (tertiary/aromatic N) is 2. The van der Waals surface area contributed by atoms with Crippen LogP contribution in [-0.2, 0) is 13.0 Å². The van der Waals surface area contributed by atoms with Crippen LogP contribution < -0.4 is 10.6 Å². The molecule has 3 rings (SSSR count). The van der Waals surface area contributed by atoms with E-state index in [1.54, 1.807) is 11.3 Å². The lowest BCUT2D eigenvalue weighted by Crippen LogP contribution is -2.29. The average molecular weight is 273 g/mol. The normalized spacial score (nSPS) is 16.2. The maximum atomic E-state index is 6.09. The fraction of sp³-hybridized carbons (Fsp3) is 0.400. The van der Waals surface area contributed by atoms with Crippen LogP contribution in [0, 0.1) is 0 Å². The number of para-hydroxylation sites is 1. The van der Waals surface area contributed by atoms with Gasteiger partial charge in [-0.25, -0.2) is 4.98 Å². The summed E-state index contributed by atoms with van der Waals surface area (Å²) in [5.41, 5.74) is 8.64. The first-order valence-electron chi connectivity index (χ1n) is 6.82. The van der Waals surface area contributed by atoms with Crippen molar-refractivity contribution in [3.05, 3.63) is 45.9 Å². The van der Waals surface area contributed by atoms with E-state index in [1.165, 1.54) is 16.3 Å². The number of thiazole rings is 1. The van der Waals surface area contributed by atoms with E-state index in [0.29, 0.717) is 0 Å². The van der Waals surface area contributed by atoms with Gasteiger partial charge in [0.2, 0.25) is 0 Å². The van der Waals surface area contributed by atoms with Gasteiger partial charge in [-0.05, 0) is 18.6 Å². The SMILES string of the molecule is CCC(N)c1nc2c(s1)CN(c1ccccc1)CC2. The zero-order valence-corrected chi connectivity index (χ0v) is 12.0. The van der Waals surface area contributed by atoms with Gasteiger partial charge in [0.15, 0.2) is 0 Å². The van der Waals surface area contributed by atoms with E-state index < -0.39 is 0 Å². The van der Waals surface area contributed by atoms with Gasteiger partial charge in [-0.1, -0.05) is 25.1 Å². The number of hydrogen-bond acceptors (Lipinski definition) is 4. The van der Waals surface area contributed by atoms with Crippen molar-refractivity contribution in [2.24, 2.45) is 5.73 Å². The number of benzene rings is 1. The molecule has 2 aromatic rings. The van der Waals surface area contributed by atoms with Gasteiger partial charge in [0.05, 0.1) is 18.3 Å². The molecule has 2 heterocycles. The van der Waals surface area contributed by atoms with E-state index >= 15 is 0 Å². The highest BCUT2D eigenvalue weighted by Gasteiger charge is 2.22. The van der Waals surface area contributed by atoms with E-state index in [9.17, 15) is 0 Å². The van der Waals surface area contributed by atoms with Crippen molar-refractivity contribution >= 4 is 17.0 Å². The molecule has 0 radical (unpaired) electrons. The summed E-state index contributed by atoms with van der Waals surface area (Å²) in [4.78, 5) is 8.52. The molecule has 1 aliphatic rings. The molecule has 0 spiro atoms. The lowest BCUT2D eigenvalue weighted by molar-refractivity contribution is 0.680. The molecular formula is C15H19N3S. The zero-order chi connectivity index (χ0) is 13.2. The standard InChI is InChI=1S/C15H19N3S/c1-2-12(16)15-17-13-8-9-18(10-14(13)19-15)11-6-4-3-5-7-11/h3-7,12H,2,8-10,16H2,1H3. The summed E-state index contributed by atoms with van der Waals surface area (Å²) in [5.74, 6) is 0. The van der Waals surface area contributed by atoms with Crippen molar-refractivity contribution in [3.8, 4) is 0 Å². The largest absolute Gasteiger partial charge is 0.366 e. The van der Waals surface area contributed by atoms with E-state index in [2.05, 4.69) is 42.2 Å². The Balaban J connectivity index is 1.82. The number of hydrogen-bond donors (Lipinski definition) is 1. The number of nitrogens with two attached hydrogens (primary N) is 1. The molecule has 0 amide bonds. The van der Waals surface area contributed by atoms with Crippen LogP contribution in [0.3, 0.4) is 0 Å². The monoisotopic (exact) mass is 273 g/mol. The molecule has 1 aromatic carbocycles. The van der Waals surface area contributed by atoms with Gasteiger partial charge in [0.25, 0.3) is 0 Å². The van der Waals surface area contributed by atoms with E-state index in [4.69, 9.17) is 10.7 Å². The van der Waals surface area contributed by atoms with Crippen LogP contribution in [0.5, 0.6) is 0 Å². The highest BCUT2D eigenvalue weighted by molar-refractivity contribution is 7.11. The Morgan fingerprint density at radius 1 is 1.37 bits per heavy atom. The van der Waals surface area contributed by atoms with Crippen LogP contribution in [0.2, 0.25) is 0 Å². The fourth-order valence-electron chi connectivity index (χ4n) is 2.41. The average Bonchev–Trinajstić information content (AvgIpc) is 2.90. The summed E-state index contributed by atoms with van der Waals surface area (Å²) in [6.45, 7) is 4.12. The minimum atomic E-state index is 0.0979. The van der Waals surface area contributed by atoms with Gasteiger partial charge in [-0.3, -0.25) is 0 Å². The molecule has 4 heteroatoms. The molecule has 2 N–H and O–H groups in total. The molecule has 100 valence electrons. The zero-order valence-electron chi connectivity index (χ0n) is 11.2. The highest BCUT2D eigenvalue weighted by atomic mass is 32.1. The molecule has 1 atom stereocenters. The molecule has 1 aliphatic heterocycles. The van der Waals surface area contributed by atoms with Crippen molar-refractivity contribution in [3.63, 3.8) is 0 Å². The molecule has 19 heavy (non-hydrogen) atoms. The Labute approximate surface area is 118 Å². The third kappa shape index (κ3) is 2.51. The second-order valence-corrected chi connectivity index (χ2v) is 6.06. The Morgan fingerprint density at radius 3 is 2.89 bits per heavy atom. The lowest BCUT2D eigenvalue weighted by Gasteiger charge is -2.28. The number of anilines is 1. The van der Waals surface area contributed by atoms with Crippen LogP contribution in [0.25, 0.3) is 0 Å². The third-order valence-electron chi connectivity index (χ3n) is 3.63. The van der Waals surface area contributed by atoms with E-state index in [1.807, 2.05) is 0 Å². The van der Waals surface area contributed by atoms with E-state index in [0.717, 1.165) is 30.9 Å². The third-order valence-corrected chi connectivity index (χ3v) is 4.84. The summed E-state index contributed by atoms with van der Waals surface area (Å²) < 4.78 is 0. The first-order chi connectivity index (χ1) is 9.28. The quantitative estimate of drug-likeness (QED) is 0.934. The molecule has 0 saturated carbocycles. The van der Waals surface area contributed by atoms with Gasteiger partial charge >= 0.3 is 0 Å². The van der Waals surface area contributed by atoms with Crippen LogP contribution in [0.15, 0.2) is 30.3 Å². The molecule has 0 bridgehead atoms. The van der Waals surface area contributed by atoms with Gasteiger partial charge in [-0.15, -0.1) is 11.3 Å². The Morgan fingerprint density at radius 2 is 2.16 bits per heavy atom. The van der Waals surface area contributed by atoms with Crippen molar-refractivity contribution in [2.45, 2.75) is 32.4 Å². The maximum Gasteiger partial charge on any atom is 0.110 e. The van der Waals surface area contributed by atoms with Crippen molar-refractivity contribution in [1.82, 2.24) is 4.98 Å². The summed E-state index contributed by atoms with van der Waals surface area (Å²) in [7, 11) is 0.